The number of halogens is 1. The number of nitrogens with zero attached hydrogens (tertiary/aromatic N) is 1. The van der Waals surface area contributed by atoms with Crippen LogP contribution in [0.2, 0.25) is 0 Å². The molecule has 3 heteroatoms. The van der Waals surface area contributed by atoms with E-state index < -0.39 is 0 Å². The van der Waals surface area contributed by atoms with Gasteiger partial charge in [-0.15, -0.1) is 0 Å². The first-order chi connectivity index (χ1) is 6.24. The predicted molar refractivity (Wildman–Crippen MR) is 50.2 cm³/mol. The van der Waals surface area contributed by atoms with Crippen molar-refractivity contribution in [3.63, 3.8) is 0 Å². The van der Waals surface area contributed by atoms with Gasteiger partial charge in [-0.1, -0.05) is 6.92 Å². The third-order valence-corrected chi connectivity index (χ3v) is 2.38. The molecule has 1 aromatic heterocycles. The molecule has 13 heavy (non-hydrogen) atoms. The Bertz CT molecular complexity index is 445. The fraction of sp³-hybridized carbons (Fsp3) is 0.300. The van der Waals surface area contributed by atoms with Crippen LogP contribution in [0.4, 0.5) is 4.39 Å². The molecule has 0 saturated heterocycles. The Kier molecular flexibility index (Phi) is 1.79. The predicted octanol–water partition coefficient (Wildman–Crippen LogP) is 2.57. The quantitative estimate of drug-likeness (QED) is 0.714. The molecule has 68 valence electrons. The molecule has 1 N–H and O–H groups in total. The number of aryl methyl sites for hydroxylation is 2. The minimum absolute atomic E-state index is 0.220. The largest absolute Gasteiger partial charge is 0.275 e. The number of benzene rings is 1. The van der Waals surface area contributed by atoms with Crippen LogP contribution in [0.1, 0.15) is 18.1 Å². The Balaban J connectivity index is 2.88. The van der Waals surface area contributed by atoms with Crippen LogP contribution in [0.25, 0.3) is 10.9 Å². The lowest BCUT2D eigenvalue weighted by Gasteiger charge is -2.04. The second kappa shape index (κ2) is 2.83. The number of hydrogen-bond donors (Lipinski definition) is 1. The summed E-state index contributed by atoms with van der Waals surface area (Å²) in [6.07, 6.45) is 2.59. The average Bonchev–Trinajstić information content (AvgIpc) is 2.53. The van der Waals surface area contributed by atoms with Crippen LogP contribution in [-0.2, 0) is 6.42 Å². The topological polar surface area (TPSA) is 28.7 Å². The van der Waals surface area contributed by atoms with Gasteiger partial charge in [-0.25, -0.2) is 4.39 Å². The van der Waals surface area contributed by atoms with Gasteiger partial charge in [0.1, 0.15) is 11.3 Å². The summed E-state index contributed by atoms with van der Waals surface area (Å²) in [6, 6.07) is 1.55. The SMILES string of the molecule is CCc1c(C)cc(F)c2[nH]ncc12. The van der Waals surface area contributed by atoms with Gasteiger partial charge in [0.15, 0.2) is 0 Å². The normalized spacial score (nSPS) is 11.0. The molecule has 0 fully saturated rings. The molecule has 0 aliphatic carbocycles. The Hall–Kier alpha value is -1.38. The lowest BCUT2D eigenvalue weighted by molar-refractivity contribution is 0.634. The molecule has 1 heterocycles. The summed E-state index contributed by atoms with van der Waals surface area (Å²) in [4.78, 5) is 0. The van der Waals surface area contributed by atoms with E-state index >= 15 is 0 Å². The summed E-state index contributed by atoms with van der Waals surface area (Å²) in [5.74, 6) is -0.220. The zero-order chi connectivity index (χ0) is 9.42. The van der Waals surface area contributed by atoms with Crippen molar-refractivity contribution < 1.29 is 4.39 Å². The smallest absolute Gasteiger partial charge is 0.149 e. The lowest BCUT2D eigenvalue weighted by Crippen LogP contribution is -1.90. The van der Waals surface area contributed by atoms with Crippen LogP contribution in [0.3, 0.4) is 0 Å². The molecule has 0 bridgehead atoms. The molecule has 0 unspecified atom stereocenters. The van der Waals surface area contributed by atoms with Crippen molar-refractivity contribution in [1.82, 2.24) is 10.2 Å². The van der Waals surface area contributed by atoms with Crippen molar-refractivity contribution in [3.8, 4) is 0 Å². The van der Waals surface area contributed by atoms with Crippen LogP contribution in [0, 0.1) is 12.7 Å². The van der Waals surface area contributed by atoms with E-state index in [-0.39, 0.29) is 5.82 Å². The molecule has 0 aliphatic heterocycles. The molecule has 2 aromatic rings. The van der Waals surface area contributed by atoms with Crippen molar-refractivity contribution in [2.75, 3.05) is 0 Å². The van der Waals surface area contributed by atoms with Gasteiger partial charge in [0.25, 0.3) is 0 Å². The maximum Gasteiger partial charge on any atom is 0.149 e. The van der Waals surface area contributed by atoms with E-state index in [1.54, 1.807) is 12.3 Å². The molecule has 0 saturated carbocycles. The van der Waals surface area contributed by atoms with Crippen molar-refractivity contribution in [3.05, 3.63) is 29.2 Å². The minimum Gasteiger partial charge on any atom is -0.275 e. The van der Waals surface area contributed by atoms with Gasteiger partial charge >= 0.3 is 0 Å². The molecule has 0 spiro atoms. The van der Waals surface area contributed by atoms with Crippen LogP contribution in [0.15, 0.2) is 12.3 Å². The molecular formula is C10H11FN2. The molecule has 0 atom stereocenters. The van der Waals surface area contributed by atoms with Gasteiger partial charge in [-0.05, 0) is 30.5 Å². The molecular weight excluding hydrogens is 167 g/mol. The van der Waals surface area contributed by atoms with Crippen molar-refractivity contribution in [1.29, 1.82) is 0 Å². The van der Waals surface area contributed by atoms with Gasteiger partial charge in [0.05, 0.1) is 6.20 Å². The first-order valence-electron chi connectivity index (χ1n) is 4.35. The van der Waals surface area contributed by atoms with Crippen molar-refractivity contribution in [2.24, 2.45) is 0 Å². The molecule has 2 rings (SSSR count). The summed E-state index contributed by atoms with van der Waals surface area (Å²) in [7, 11) is 0. The molecule has 1 aromatic carbocycles. The van der Waals surface area contributed by atoms with E-state index in [9.17, 15) is 4.39 Å². The van der Waals surface area contributed by atoms with E-state index in [1.807, 2.05) is 6.92 Å². The minimum atomic E-state index is -0.220. The fourth-order valence-corrected chi connectivity index (χ4v) is 1.73. The molecule has 0 radical (unpaired) electrons. The van der Waals surface area contributed by atoms with E-state index in [0.29, 0.717) is 5.52 Å². The van der Waals surface area contributed by atoms with E-state index in [4.69, 9.17) is 0 Å². The standard InChI is InChI=1S/C10H11FN2/c1-3-7-6(2)4-9(11)10-8(7)5-12-13-10/h4-5H,3H2,1-2H3,(H,12,13). The number of rotatable bonds is 1. The summed E-state index contributed by atoms with van der Waals surface area (Å²) in [5, 5.41) is 7.41. The Morgan fingerprint density at radius 2 is 2.31 bits per heavy atom. The van der Waals surface area contributed by atoms with Crippen LogP contribution < -0.4 is 0 Å². The van der Waals surface area contributed by atoms with Crippen molar-refractivity contribution >= 4 is 10.9 Å². The summed E-state index contributed by atoms with van der Waals surface area (Å²) in [6.45, 7) is 3.99. The second-order valence-electron chi connectivity index (χ2n) is 3.17. The number of fused-ring (bicyclic) bond motifs is 1. The molecule has 2 nitrogen and oxygen atoms in total. The maximum absolute atomic E-state index is 13.3. The zero-order valence-corrected chi connectivity index (χ0v) is 7.69. The number of aromatic nitrogens is 2. The maximum atomic E-state index is 13.3. The number of H-pyrrole nitrogens is 1. The average molecular weight is 178 g/mol. The highest BCUT2D eigenvalue weighted by atomic mass is 19.1. The van der Waals surface area contributed by atoms with E-state index in [1.165, 1.54) is 5.56 Å². The third kappa shape index (κ3) is 1.11. The highest BCUT2D eigenvalue weighted by Gasteiger charge is 2.09. The molecule has 0 aliphatic rings. The van der Waals surface area contributed by atoms with Crippen LogP contribution in [-0.4, -0.2) is 10.2 Å². The van der Waals surface area contributed by atoms with Crippen molar-refractivity contribution in [2.45, 2.75) is 20.3 Å². The van der Waals surface area contributed by atoms with Gasteiger partial charge < -0.3 is 0 Å². The fourth-order valence-electron chi connectivity index (χ4n) is 1.73. The third-order valence-electron chi connectivity index (χ3n) is 2.38. The second-order valence-corrected chi connectivity index (χ2v) is 3.17. The Morgan fingerprint density at radius 1 is 1.54 bits per heavy atom. The highest BCUT2D eigenvalue weighted by Crippen LogP contribution is 2.23. The van der Waals surface area contributed by atoms with Gasteiger partial charge in [0, 0.05) is 5.39 Å². The Labute approximate surface area is 75.8 Å². The van der Waals surface area contributed by atoms with Gasteiger partial charge in [-0.2, -0.15) is 5.10 Å². The highest BCUT2D eigenvalue weighted by molar-refractivity contribution is 5.83. The van der Waals surface area contributed by atoms with Gasteiger partial charge in [0.2, 0.25) is 0 Å². The van der Waals surface area contributed by atoms with Crippen LogP contribution in [0.5, 0.6) is 0 Å². The van der Waals surface area contributed by atoms with Crippen LogP contribution >= 0.6 is 0 Å². The number of aromatic amines is 1. The molecule has 0 amide bonds. The summed E-state index contributed by atoms with van der Waals surface area (Å²) < 4.78 is 13.3. The first kappa shape index (κ1) is 8.23. The lowest BCUT2D eigenvalue weighted by atomic mass is 10.0. The Morgan fingerprint density at radius 3 is 3.00 bits per heavy atom. The summed E-state index contributed by atoms with van der Waals surface area (Å²) >= 11 is 0. The monoisotopic (exact) mass is 178 g/mol. The van der Waals surface area contributed by atoms with E-state index in [2.05, 4.69) is 17.1 Å². The van der Waals surface area contributed by atoms with Gasteiger partial charge in [-0.3, -0.25) is 5.10 Å². The zero-order valence-electron chi connectivity index (χ0n) is 7.69. The summed E-state index contributed by atoms with van der Waals surface area (Å²) in [5.41, 5.74) is 2.68. The first-order valence-corrected chi connectivity index (χ1v) is 4.35. The number of hydrogen-bond acceptors (Lipinski definition) is 1. The number of nitrogens with one attached hydrogen (secondary N) is 1. The van der Waals surface area contributed by atoms with E-state index in [0.717, 1.165) is 17.4 Å².